The van der Waals surface area contributed by atoms with Gasteiger partial charge in [0.05, 0.1) is 15.6 Å². The first-order chi connectivity index (χ1) is 8.85. The van der Waals surface area contributed by atoms with E-state index in [1.54, 1.807) is 18.9 Å². The van der Waals surface area contributed by atoms with Gasteiger partial charge in [-0.25, -0.2) is 4.98 Å². The molecule has 0 spiro atoms. The van der Waals surface area contributed by atoms with E-state index in [-0.39, 0.29) is 5.91 Å². The van der Waals surface area contributed by atoms with Crippen molar-refractivity contribution in [1.82, 2.24) is 4.98 Å². The maximum atomic E-state index is 12.4. The van der Waals surface area contributed by atoms with Crippen LogP contribution < -0.4 is 4.90 Å². The van der Waals surface area contributed by atoms with Crippen molar-refractivity contribution in [2.24, 2.45) is 5.41 Å². The molecule has 6 heteroatoms. The van der Waals surface area contributed by atoms with Crippen LogP contribution in [0.2, 0.25) is 0 Å². The van der Waals surface area contributed by atoms with E-state index in [1.807, 2.05) is 24.3 Å². The Balaban J connectivity index is 1.92. The van der Waals surface area contributed by atoms with Gasteiger partial charge in [-0.3, -0.25) is 9.69 Å². The molecule has 1 fully saturated rings. The number of aromatic nitrogens is 1. The van der Waals surface area contributed by atoms with Crippen molar-refractivity contribution in [3.8, 4) is 0 Å². The predicted octanol–water partition coefficient (Wildman–Crippen LogP) is 3.84. The number of carbonyl (C=O) groups excluding carboxylic acids is 1. The number of halogens is 2. The Bertz CT molecular complexity index is 636. The van der Waals surface area contributed by atoms with Gasteiger partial charge >= 0.3 is 0 Å². The van der Waals surface area contributed by atoms with Crippen molar-refractivity contribution in [3.05, 3.63) is 24.3 Å². The smallest absolute Gasteiger partial charge is 0.237 e. The Labute approximate surface area is 125 Å². The Hall–Kier alpha value is -0.840. The van der Waals surface area contributed by atoms with Crippen LogP contribution in [-0.2, 0) is 4.79 Å². The van der Waals surface area contributed by atoms with Gasteiger partial charge in [0.1, 0.15) is 4.33 Å². The van der Waals surface area contributed by atoms with Crippen LogP contribution in [0.15, 0.2) is 24.3 Å². The summed E-state index contributed by atoms with van der Waals surface area (Å²) in [4.78, 5) is 18.5. The van der Waals surface area contributed by atoms with Gasteiger partial charge in [0, 0.05) is 7.05 Å². The highest BCUT2D eigenvalue weighted by Gasteiger charge is 2.68. The molecule has 0 radical (unpaired) electrons. The van der Waals surface area contributed by atoms with E-state index >= 15 is 0 Å². The summed E-state index contributed by atoms with van der Waals surface area (Å²) in [7, 11) is 1.72. The molecule has 0 bridgehead atoms. The van der Waals surface area contributed by atoms with E-state index in [0.717, 1.165) is 10.2 Å². The Morgan fingerprint density at radius 1 is 1.42 bits per heavy atom. The maximum Gasteiger partial charge on any atom is 0.237 e. The molecule has 1 aliphatic carbocycles. The number of amides is 1. The molecule has 0 aliphatic heterocycles. The molecule has 3 nitrogen and oxygen atoms in total. The molecule has 1 aromatic heterocycles. The number of hydrogen-bond acceptors (Lipinski definition) is 3. The molecule has 0 N–H and O–H groups in total. The molecule has 0 saturated heterocycles. The zero-order valence-electron chi connectivity index (χ0n) is 10.5. The molecule has 1 aliphatic rings. The minimum Gasteiger partial charge on any atom is -0.291 e. The molecule has 1 atom stereocenters. The number of nitrogens with zero attached hydrogens (tertiary/aromatic N) is 2. The SMILES string of the molecule is CN(C(=O)C1(C)CC1(Cl)Cl)c1nc2ccccc2s1. The number of benzene rings is 1. The van der Waals surface area contributed by atoms with Gasteiger partial charge in [0.25, 0.3) is 0 Å². The molecule has 1 saturated carbocycles. The van der Waals surface area contributed by atoms with Gasteiger partial charge in [0.15, 0.2) is 5.13 Å². The summed E-state index contributed by atoms with van der Waals surface area (Å²) in [5, 5.41) is 0.670. The van der Waals surface area contributed by atoms with Crippen molar-refractivity contribution in [2.45, 2.75) is 17.7 Å². The fourth-order valence-corrected chi connectivity index (χ4v) is 3.71. The minimum atomic E-state index is -0.949. The van der Waals surface area contributed by atoms with Gasteiger partial charge < -0.3 is 0 Å². The summed E-state index contributed by atoms with van der Waals surface area (Å²) in [5.74, 6) is -0.0865. The zero-order chi connectivity index (χ0) is 13.8. The Morgan fingerprint density at radius 2 is 2.05 bits per heavy atom. The number of thiazole rings is 1. The lowest BCUT2D eigenvalue weighted by molar-refractivity contribution is -0.122. The monoisotopic (exact) mass is 314 g/mol. The molecule has 1 heterocycles. The Kier molecular flexibility index (Phi) is 2.82. The van der Waals surface area contributed by atoms with Gasteiger partial charge in [-0.1, -0.05) is 23.5 Å². The highest BCUT2D eigenvalue weighted by atomic mass is 35.5. The lowest BCUT2D eigenvalue weighted by atomic mass is 10.1. The maximum absolute atomic E-state index is 12.4. The van der Waals surface area contributed by atoms with Crippen molar-refractivity contribution >= 4 is 55.8 Å². The summed E-state index contributed by atoms with van der Waals surface area (Å²) in [6, 6.07) is 7.80. The zero-order valence-corrected chi connectivity index (χ0v) is 12.8. The lowest BCUT2D eigenvalue weighted by Gasteiger charge is -2.19. The number of fused-ring (bicyclic) bond motifs is 1. The van der Waals surface area contributed by atoms with E-state index in [4.69, 9.17) is 23.2 Å². The fraction of sp³-hybridized carbons (Fsp3) is 0.385. The van der Waals surface area contributed by atoms with E-state index in [2.05, 4.69) is 4.98 Å². The fourth-order valence-electron chi connectivity index (χ4n) is 2.09. The molecule has 2 aromatic rings. The van der Waals surface area contributed by atoms with E-state index < -0.39 is 9.75 Å². The number of anilines is 1. The third-order valence-electron chi connectivity index (χ3n) is 3.60. The summed E-state index contributed by atoms with van der Waals surface area (Å²) in [6.45, 7) is 1.79. The van der Waals surface area contributed by atoms with Crippen LogP contribution in [0.4, 0.5) is 5.13 Å². The lowest BCUT2D eigenvalue weighted by Crippen LogP contribution is -2.35. The van der Waals surface area contributed by atoms with Crippen molar-refractivity contribution < 1.29 is 4.79 Å². The highest BCUT2D eigenvalue weighted by Crippen LogP contribution is 2.64. The number of carbonyl (C=O) groups is 1. The third kappa shape index (κ3) is 1.93. The molecule has 1 unspecified atom stereocenters. The first kappa shape index (κ1) is 13.2. The van der Waals surface area contributed by atoms with Crippen LogP contribution in [0, 0.1) is 5.41 Å². The standard InChI is InChI=1S/C13H12Cl2N2OS/c1-12(7-13(12,14)15)10(18)17(2)11-16-8-5-3-4-6-9(8)19-11/h3-6H,7H2,1-2H3. The van der Waals surface area contributed by atoms with E-state index in [1.165, 1.54) is 11.3 Å². The van der Waals surface area contributed by atoms with Crippen molar-refractivity contribution in [1.29, 1.82) is 0 Å². The summed E-state index contributed by atoms with van der Waals surface area (Å²) < 4.78 is 0.107. The number of hydrogen-bond donors (Lipinski definition) is 0. The summed E-state index contributed by atoms with van der Waals surface area (Å²) in [5.41, 5.74) is 0.189. The molecule has 3 rings (SSSR count). The largest absolute Gasteiger partial charge is 0.291 e. The van der Waals surface area contributed by atoms with Gasteiger partial charge in [0.2, 0.25) is 5.91 Å². The van der Waals surface area contributed by atoms with Crippen molar-refractivity contribution in [3.63, 3.8) is 0 Å². The quantitative estimate of drug-likeness (QED) is 0.789. The van der Waals surface area contributed by atoms with Crippen molar-refractivity contribution in [2.75, 3.05) is 11.9 Å². The van der Waals surface area contributed by atoms with Crippen LogP contribution in [0.5, 0.6) is 0 Å². The van der Waals surface area contributed by atoms with Crippen LogP contribution in [-0.4, -0.2) is 22.3 Å². The van der Waals surface area contributed by atoms with E-state index in [9.17, 15) is 4.79 Å². The molecular weight excluding hydrogens is 303 g/mol. The second-order valence-corrected chi connectivity index (χ2v) is 7.53. The van der Waals surface area contributed by atoms with Crippen LogP contribution in [0.1, 0.15) is 13.3 Å². The van der Waals surface area contributed by atoms with Gasteiger partial charge in [-0.05, 0) is 25.5 Å². The molecule has 1 aromatic carbocycles. The first-order valence-electron chi connectivity index (χ1n) is 5.87. The topological polar surface area (TPSA) is 33.2 Å². The van der Waals surface area contributed by atoms with E-state index in [0.29, 0.717) is 11.6 Å². The average Bonchev–Trinajstić information content (AvgIpc) is 2.77. The first-order valence-corrected chi connectivity index (χ1v) is 7.44. The molecule has 100 valence electrons. The predicted molar refractivity (Wildman–Crippen MR) is 80.2 cm³/mol. The summed E-state index contributed by atoms with van der Waals surface area (Å²) >= 11 is 13.6. The molecule has 1 amide bonds. The number of para-hydroxylation sites is 1. The molecule has 19 heavy (non-hydrogen) atoms. The third-order valence-corrected chi connectivity index (χ3v) is 5.82. The molecular formula is C13H12Cl2N2OS. The number of rotatable bonds is 2. The van der Waals surface area contributed by atoms with Crippen LogP contribution in [0.3, 0.4) is 0 Å². The summed E-state index contributed by atoms with van der Waals surface area (Å²) in [6.07, 6.45) is 0.483. The van der Waals surface area contributed by atoms with Crippen LogP contribution in [0.25, 0.3) is 10.2 Å². The second kappa shape index (κ2) is 4.08. The van der Waals surface area contributed by atoms with Gasteiger partial charge in [-0.2, -0.15) is 0 Å². The van der Waals surface area contributed by atoms with Crippen LogP contribution >= 0.6 is 34.5 Å². The minimum absolute atomic E-state index is 0.0865. The number of alkyl halides is 2. The average molecular weight is 315 g/mol. The second-order valence-electron chi connectivity index (χ2n) is 5.04. The normalized spacial score (nSPS) is 24.4. The highest BCUT2D eigenvalue weighted by molar-refractivity contribution is 7.22. The Morgan fingerprint density at radius 3 is 2.63 bits per heavy atom. The van der Waals surface area contributed by atoms with Gasteiger partial charge in [-0.15, -0.1) is 23.2 Å².